The van der Waals surface area contributed by atoms with Gasteiger partial charge in [0, 0.05) is 6.04 Å². The average molecular weight is 296 g/mol. The van der Waals surface area contributed by atoms with Gasteiger partial charge in [-0.1, -0.05) is 59.3 Å². The average Bonchev–Trinajstić information content (AvgIpc) is 2.49. The molecule has 0 bridgehead atoms. The third kappa shape index (κ3) is 6.82. The number of amides is 1. The van der Waals surface area contributed by atoms with Crippen LogP contribution in [0.5, 0.6) is 0 Å². The van der Waals surface area contributed by atoms with Crippen molar-refractivity contribution in [1.29, 1.82) is 0 Å². The maximum atomic E-state index is 12.2. The van der Waals surface area contributed by atoms with Crippen LogP contribution in [0.15, 0.2) is 0 Å². The fourth-order valence-corrected chi connectivity index (χ4v) is 3.41. The lowest BCUT2D eigenvalue weighted by Gasteiger charge is -2.30. The SMILES string of the molecule is CCCCC(CC)CCC(N)C(=O)NC1CCCCC1C. The first-order chi connectivity index (χ1) is 10.1. The number of rotatable bonds is 9. The van der Waals surface area contributed by atoms with Crippen LogP contribution in [0.2, 0.25) is 0 Å². The van der Waals surface area contributed by atoms with Gasteiger partial charge >= 0.3 is 0 Å². The maximum Gasteiger partial charge on any atom is 0.237 e. The van der Waals surface area contributed by atoms with Crippen molar-refractivity contribution in [3.05, 3.63) is 0 Å². The molecule has 1 rings (SSSR count). The van der Waals surface area contributed by atoms with Gasteiger partial charge in [-0.25, -0.2) is 0 Å². The Morgan fingerprint density at radius 2 is 1.90 bits per heavy atom. The molecule has 1 fully saturated rings. The van der Waals surface area contributed by atoms with E-state index in [1.807, 2.05) is 0 Å². The standard InChI is InChI=1S/C18H36N2O/c1-4-6-10-15(5-2)12-13-16(19)18(21)20-17-11-8-7-9-14(17)3/h14-17H,4-13,19H2,1-3H3,(H,20,21). The van der Waals surface area contributed by atoms with Crippen molar-refractivity contribution in [3.63, 3.8) is 0 Å². The minimum atomic E-state index is -0.324. The Labute approximate surface area is 131 Å². The molecule has 0 aromatic rings. The summed E-state index contributed by atoms with van der Waals surface area (Å²) >= 11 is 0. The lowest BCUT2D eigenvalue weighted by molar-refractivity contribution is -0.123. The van der Waals surface area contributed by atoms with Crippen LogP contribution < -0.4 is 11.1 Å². The Morgan fingerprint density at radius 1 is 1.19 bits per heavy atom. The molecule has 124 valence electrons. The molecule has 1 amide bonds. The molecule has 1 saturated carbocycles. The molecule has 4 atom stereocenters. The predicted octanol–water partition coefficient (Wildman–Crippen LogP) is 4.01. The fourth-order valence-electron chi connectivity index (χ4n) is 3.41. The molecular formula is C18H36N2O. The molecule has 4 unspecified atom stereocenters. The van der Waals surface area contributed by atoms with Crippen molar-refractivity contribution >= 4 is 5.91 Å². The van der Waals surface area contributed by atoms with Crippen LogP contribution in [0.4, 0.5) is 0 Å². The number of carbonyl (C=O) groups excluding carboxylic acids is 1. The van der Waals surface area contributed by atoms with Crippen molar-refractivity contribution in [1.82, 2.24) is 5.32 Å². The van der Waals surface area contributed by atoms with Crippen LogP contribution in [0.1, 0.15) is 85.0 Å². The van der Waals surface area contributed by atoms with E-state index in [1.54, 1.807) is 0 Å². The summed E-state index contributed by atoms with van der Waals surface area (Å²) in [6.07, 6.45) is 11.8. The summed E-state index contributed by atoms with van der Waals surface area (Å²) in [5.74, 6) is 1.40. The summed E-state index contributed by atoms with van der Waals surface area (Å²) in [5.41, 5.74) is 6.10. The number of nitrogens with two attached hydrogens (primary N) is 1. The second kappa shape index (κ2) is 10.2. The lowest BCUT2D eigenvalue weighted by Crippen LogP contribution is -2.48. The number of unbranched alkanes of at least 4 members (excludes halogenated alkanes) is 1. The van der Waals surface area contributed by atoms with Gasteiger partial charge in [0.15, 0.2) is 0 Å². The van der Waals surface area contributed by atoms with E-state index >= 15 is 0 Å². The molecule has 3 N–H and O–H groups in total. The molecule has 0 saturated heterocycles. The second-order valence-electron chi connectivity index (χ2n) is 6.98. The van der Waals surface area contributed by atoms with Crippen molar-refractivity contribution in [2.24, 2.45) is 17.6 Å². The molecule has 0 aromatic heterocycles. The summed E-state index contributed by atoms with van der Waals surface area (Å²) in [7, 11) is 0. The van der Waals surface area contributed by atoms with Gasteiger partial charge in [-0.2, -0.15) is 0 Å². The highest BCUT2D eigenvalue weighted by molar-refractivity contribution is 5.81. The lowest BCUT2D eigenvalue weighted by atomic mass is 9.85. The summed E-state index contributed by atoms with van der Waals surface area (Å²) < 4.78 is 0. The first-order valence-corrected chi connectivity index (χ1v) is 9.14. The summed E-state index contributed by atoms with van der Waals surface area (Å²) in [4.78, 5) is 12.2. The van der Waals surface area contributed by atoms with E-state index in [2.05, 4.69) is 26.1 Å². The van der Waals surface area contributed by atoms with Crippen molar-refractivity contribution in [2.45, 2.75) is 97.1 Å². The quantitative estimate of drug-likeness (QED) is 0.675. The van der Waals surface area contributed by atoms with Crippen LogP contribution in [0, 0.1) is 11.8 Å². The van der Waals surface area contributed by atoms with E-state index in [0.717, 1.165) is 25.2 Å². The van der Waals surface area contributed by atoms with Gasteiger partial charge in [-0.15, -0.1) is 0 Å². The Morgan fingerprint density at radius 3 is 2.52 bits per heavy atom. The second-order valence-corrected chi connectivity index (χ2v) is 6.98. The largest absolute Gasteiger partial charge is 0.352 e. The molecule has 3 heteroatoms. The van der Waals surface area contributed by atoms with Crippen molar-refractivity contribution in [3.8, 4) is 0 Å². The minimum absolute atomic E-state index is 0.0686. The maximum absolute atomic E-state index is 12.2. The van der Waals surface area contributed by atoms with Crippen LogP contribution in [0.3, 0.4) is 0 Å². The normalized spacial score (nSPS) is 25.3. The summed E-state index contributed by atoms with van der Waals surface area (Å²) in [6, 6.07) is 0.0224. The first kappa shape index (κ1) is 18.5. The van der Waals surface area contributed by atoms with Crippen LogP contribution in [-0.4, -0.2) is 18.0 Å². The molecule has 1 aliphatic rings. The molecule has 3 nitrogen and oxygen atoms in total. The van der Waals surface area contributed by atoms with Gasteiger partial charge in [0.05, 0.1) is 6.04 Å². The Balaban J connectivity index is 2.29. The summed E-state index contributed by atoms with van der Waals surface area (Å²) in [6.45, 7) is 6.72. The smallest absolute Gasteiger partial charge is 0.237 e. The third-order valence-electron chi connectivity index (χ3n) is 5.21. The van der Waals surface area contributed by atoms with E-state index in [-0.39, 0.29) is 11.9 Å². The first-order valence-electron chi connectivity index (χ1n) is 9.14. The zero-order chi connectivity index (χ0) is 15.7. The number of nitrogens with one attached hydrogen (secondary N) is 1. The van der Waals surface area contributed by atoms with Gasteiger partial charge in [0.1, 0.15) is 0 Å². The Kier molecular flexibility index (Phi) is 8.98. The number of hydrogen-bond donors (Lipinski definition) is 2. The number of carbonyl (C=O) groups is 1. The number of hydrogen-bond acceptors (Lipinski definition) is 2. The van der Waals surface area contributed by atoms with Crippen molar-refractivity contribution < 1.29 is 4.79 Å². The highest BCUT2D eigenvalue weighted by atomic mass is 16.2. The third-order valence-corrected chi connectivity index (χ3v) is 5.21. The van der Waals surface area contributed by atoms with Gasteiger partial charge in [0.25, 0.3) is 0 Å². The molecule has 0 radical (unpaired) electrons. The zero-order valence-corrected chi connectivity index (χ0v) is 14.4. The Bertz CT molecular complexity index is 293. The fraction of sp³-hybridized carbons (Fsp3) is 0.944. The van der Waals surface area contributed by atoms with E-state index < -0.39 is 0 Å². The molecule has 0 spiro atoms. The highest BCUT2D eigenvalue weighted by Gasteiger charge is 2.25. The van der Waals surface area contributed by atoms with E-state index in [4.69, 9.17) is 5.73 Å². The van der Waals surface area contributed by atoms with Gasteiger partial charge in [-0.05, 0) is 37.5 Å². The monoisotopic (exact) mass is 296 g/mol. The minimum Gasteiger partial charge on any atom is -0.352 e. The van der Waals surface area contributed by atoms with Crippen LogP contribution in [0.25, 0.3) is 0 Å². The molecule has 21 heavy (non-hydrogen) atoms. The van der Waals surface area contributed by atoms with E-state index in [0.29, 0.717) is 12.0 Å². The van der Waals surface area contributed by atoms with Gasteiger partial charge in [0.2, 0.25) is 5.91 Å². The van der Waals surface area contributed by atoms with Crippen LogP contribution in [-0.2, 0) is 4.79 Å². The molecular weight excluding hydrogens is 260 g/mol. The van der Waals surface area contributed by atoms with Gasteiger partial charge in [-0.3, -0.25) is 4.79 Å². The van der Waals surface area contributed by atoms with E-state index in [9.17, 15) is 4.79 Å². The topological polar surface area (TPSA) is 55.1 Å². The van der Waals surface area contributed by atoms with Gasteiger partial charge < -0.3 is 11.1 Å². The molecule has 0 aliphatic heterocycles. The molecule has 0 heterocycles. The predicted molar refractivity (Wildman–Crippen MR) is 90.1 cm³/mol. The van der Waals surface area contributed by atoms with Crippen molar-refractivity contribution in [2.75, 3.05) is 0 Å². The zero-order valence-electron chi connectivity index (χ0n) is 14.4. The molecule has 1 aliphatic carbocycles. The highest BCUT2D eigenvalue weighted by Crippen LogP contribution is 2.24. The summed E-state index contributed by atoms with van der Waals surface area (Å²) in [5, 5.41) is 3.19. The molecule has 0 aromatic carbocycles. The Hall–Kier alpha value is -0.570. The van der Waals surface area contributed by atoms with E-state index in [1.165, 1.54) is 44.9 Å². The van der Waals surface area contributed by atoms with Crippen LogP contribution >= 0.6 is 0 Å².